The van der Waals surface area contributed by atoms with Gasteiger partial charge in [-0.25, -0.2) is 4.98 Å². The predicted octanol–water partition coefficient (Wildman–Crippen LogP) is 4.24. The SMILES string of the molecule is N#Cc1ccc(NCc2ccc(Cl)c(C(F)(F)F)c2)cn1. The van der Waals surface area contributed by atoms with Gasteiger partial charge in [0, 0.05) is 6.54 Å². The van der Waals surface area contributed by atoms with Crippen LogP contribution in [0.4, 0.5) is 18.9 Å². The van der Waals surface area contributed by atoms with Gasteiger partial charge >= 0.3 is 6.18 Å². The first kappa shape index (κ1) is 15.1. The molecule has 0 aliphatic rings. The molecule has 0 aliphatic carbocycles. The third kappa shape index (κ3) is 3.86. The maximum absolute atomic E-state index is 12.7. The molecule has 0 fully saturated rings. The fourth-order valence-electron chi connectivity index (χ4n) is 1.67. The van der Waals surface area contributed by atoms with Gasteiger partial charge < -0.3 is 5.32 Å². The number of alkyl halides is 3. The molecule has 3 nitrogen and oxygen atoms in total. The van der Waals surface area contributed by atoms with Gasteiger partial charge in [0.25, 0.3) is 0 Å². The van der Waals surface area contributed by atoms with Gasteiger partial charge in [0.15, 0.2) is 0 Å². The van der Waals surface area contributed by atoms with Crippen LogP contribution in [0.15, 0.2) is 36.5 Å². The van der Waals surface area contributed by atoms with E-state index in [-0.39, 0.29) is 17.3 Å². The Balaban J connectivity index is 2.11. The van der Waals surface area contributed by atoms with Crippen molar-refractivity contribution in [2.45, 2.75) is 12.7 Å². The van der Waals surface area contributed by atoms with Gasteiger partial charge in [-0.2, -0.15) is 18.4 Å². The molecule has 0 spiro atoms. The predicted molar refractivity (Wildman–Crippen MR) is 72.7 cm³/mol. The molecule has 0 aliphatic heterocycles. The number of benzene rings is 1. The van der Waals surface area contributed by atoms with Gasteiger partial charge in [-0.15, -0.1) is 0 Å². The van der Waals surface area contributed by atoms with Gasteiger partial charge in [0.1, 0.15) is 11.8 Å². The number of nitrogens with one attached hydrogen (secondary N) is 1. The summed E-state index contributed by atoms with van der Waals surface area (Å²) >= 11 is 5.55. The summed E-state index contributed by atoms with van der Waals surface area (Å²) in [4.78, 5) is 3.86. The standard InChI is InChI=1S/C14H9ClF3N3/c15-13-4-1-9(5-12(13)14(16,17)18)7-20-11-3-2-10(6-19)21-8-11/h1-5,8,20H,7H2. The Kier molecular flexibility index (Phi) is 4.34. The zero-order valence-electron chi connectivity index (χ0n) is 10.6. The Morgan fingerprint density at radius 1 is 1.24 bits per heavy atom. The molecule has 2 rings (SSSR count). The van der Waals surface area contributed by atoms with E-state index >= 15 is 0 Å². The molecule has 0 atom stereocenters. The molecule has 1 aromatic carbocycles. The summed E-state index contributed by atoms with van der Waals surface area (Å²) in [5.41, 5.74) is 0.460. The molecule has 108 valence electrons. The van der Waals surface area contributed by atoms with Gasteiger partial charge in [-0.1, -0.05) is 17.7 Å². The molecule has 0 bridgehead atoms. The highest BCUT2D eigenvalue weighted by atomic mass is 35.5. The summed E-state index contributed by atoms with van der Waals surface area (Å²) in [5, 5.41) is 11.2. The minimum absolute atomic E-state index is 0.188. The smallest absolute Gasteiger partial charge is 0.380 e. The van der Waals surface area contributed by atoms with Crippen molar-refractivity contribution >= 4 is 17.3 Å². The number of hydrogen-bond donors (Lipinski definition) is 1. The Morgan fingerprint density at radius 2 is 2.00 bits per heavy atom. The van der Waals surface area contributed by atoms with Crippen LogP contribution in [0.25, 0.3) is 0 Å². The van der Waals surface area contributed by atoms with Crippen molar-refractivity contribution in [3.63, 3.8) is 0 Å². The maximum Gasteiger partial charge on any atom is 0.417 e. The zero-order chi connectivity index (χ0) is 15.5. The molecule has 0 radical (unpaired) electrons. The maximum atomic E-state index is 12.7. The van der Waals surface area contributed by atoms with E-state index in [2.05, 4.69) is 10.3 Å². The number of nitriles is 1. The van der Waals surface area contributed by atoms with Crippen molar-refractivity contribution in [3.8, 4) is 6.07 Å². The molecule has 0 saturated carbocycles. The van der Waals surface area contributed by atoms with Crippen molar-refractivity contribution in [2.24, 2.45) is 0 Å². The molecule has 0 saturated heterocycles. The highest BCUT2D eigenvalue weighted by Crippen LogP contribution is 2.35. The van der Waals surface area contributed by atoms with E-state index in [1.54, 1.807) is 6.07 Å². The average molecular weight is 312 g/mol. The summed E-state index contributed by atoms with van der Waals surface area (Å²) in [7, 11) is 0. The number of anilines is 1. The first-order valence-electron chi connectivity index (χ1n) is 5.86. The Bertz CT molecular complexity index is 675. The van der Waals surface area contributed by atoms with Crippen LogP contribution in [0.2, 0.25) is 5.02 Å². The van der Waals surface area contributed by atoms with Crippen LogP contribution in [0.1, 0.15) is 16.8 Å². The lowest BCUT2D eigenvalue weighted by atomic mass is 10.1. The van der Waals surface area contributed by atoms with Crippen molar-refractivity contribution in [1.29, 1.82) is 5.26 Å². The molecular formula is C14H9ClF3N3. The number of pyridine rings is 1. The van der Waals surface area contributed by atoms with E-state index in [1.165, 1.54) is 24.4 Å². The number of aromatic nitrogens is 1. The topological polar surface area (TPSA) is 48.7 Å². The number of nitrogens with zero attached hydrogens (tertiary/aromatic N) is 2. The first-order chi connectivity index (χ1) is 9.90. The molecular weight excluding hydrogens is 303 g/mol. The molecule has 1 aromatic heterocycles. The Morgan fingerprint density at radius 3 is 2.57 bits per heavy atom. The second-order valence-corrected chi connectivity index (χ2v) is 4.62. The van der Waals surface area contributed by atoms with Crippen LogP contribution in [0.3, 0.4) is 0 Å². The fraction of sp³-hybridized carbons (Fsp3) is 0.143. The first-order valence-corrected chi connectivity index (χ1v) is 6.23. The van der Waals surface area contributed by atoms with Gasteiger partial charge in [0.2, 0.25) is 0 Å². The summed E-state index contributed by atoms with van der Waals surface area (Å²) < 4.78 is 38.2. The fourth-order valence-corrected chi connectivity index (χ4v) is 1.89. The Labute approximate surface area is 124 Å². The lowest BCUT2D eigenvalue weighted by Gasteiger charge is -2.12. The number of rotatable bonds is 3. The van der Waals surface area contributed by atoms with Crippen LogP contribution in [-0.2, 0) is 12.7 Å². The van der Waals surface area contributed by atoms with Gasteiger partial charge in [-0.05, 0) is 29.8 Å². The third-order valence-electron chi connectivity index (χ3n) is 2.71. The average Bonchev–Trinajstić information content (AvgIpc) is 2.45. The highest BCUT2D eigenvalue weighted by Gasteiger charge is 2.33. The van der Waals surface area contributed by atoms with E-state index in [1.807, 2.05) is 6.07 Å². The number of hydrogen-bond acceptors (Lipinski definition) is 3. The lowest BCUT2D eigenvalue weighted by Crippen LogP contribution is -2.08. The largest absolute Gasteiger partial charge is 0.417 e. The molecule has 1 heterocycles. The molecule has 1 N–H and O–H groups in total. The summed E-state index contributed by atoms with van der Waals surface area (Å²) in [6.07, 6.45) is -3.04. The van der Waals surface area contributed by atoms with Crippen LogP contribution in [0, 0.1) is 11.3 Å². The summed E-state index contributed by atoms with van der Waals surface area (Å²) in [6.45, 7) is 0.188. The van der Waals surface area contributed by atoms with Crippen LogP contribution >= 0.6 is 11.6 Å². The molecule has 0 amide bonds. The third-order valence-corrected chi connectivity index (χ3v) is 3.04. The molecule has 0 unspecified atom stereocenters. The normalized spacial score (nSPS) is 11.0. The Hall–Kier alpha value is -2.26. The van der Waals surface area contributed by atoms with Crippen LogP contribution < -0.4 is 5.32 Å². The van der Waals surface area contributed by atoms with Crippen molar-refractivity contribution in [3.05, 3.63) is 58.4 Å². The van der Waals surface area contributed by atoms with E-state index in [4.69, 9.17) is 16.9 Å². The van der Waals surface area contributed by atoms with E-state index in [9.17, 15) is 13.2 Å². The van der Waals surface area contributed by atoms with E-state index in [0.717, 1.165) is 6.07 Å². The van der Waals surface area contributed by atoms with Crippen LogP contribution in [0.5, 0.6) is 0 Å². The van der Waals surface area contributed by atoms with E-state index in [0.29, 0.717) is 11.3 Å². The minimum Gasteiger partial charge on any atom is -0.380 e. The molecule has 2 aromatic rings. The van der Waals surface area contributed by atoms with Crippen LogP contribution in [-0.4, -0.2) is 4.98 Å². The molecule has 21 heavy (non-hydrogen) atoms. The quantitative estimate of drug-likeness (QED) is 0.922. The van der Waals surface area contributed by atoms with Gasteiger partial charge in [0.05, 0.1) is 22.5 Å². The summed E-state index contributed by atoms with van der Waals surface area (Å²) in [6, 6.07) is 8.77. The monoisotopic (exact) mass is 311 g/mol. The molecule has 7 heteroatoms. The number of halogens is 4. The van der Waals surface area contributed by atoms with Gasteiger partial charge in [-0.3, -0.25) is 0 Å². The second kappa shape index (κ2) is 6.02. The zero-order valence-corrected chi connectivity index (χ0v) is 11.3. The minimum atomic E-state index is -4.48. The van der Waals surface area contributed by atoms with Crippen molar-refractivity contribution in [2.75, 3.05) is 5.32 Å². The van der Waals surface area contributed by atoms with Crippen molar-refractivity contribution < 1.29 is 13.2 Å². The second-order valence-electron chi connectivity index (χ2n) is 4.21. The van der Waals surface area contributed by atoms with Crippen molar-refractivity contribution in [1.82, 2.24) is 4.98 Å². The lowest BCUT2D eigenvalue weighted by molar-refractivity contribution is -0.137. The van der Waals surface area contributed by atoms with E-state index < -0.39 is 11.7 Å². The highest BCUT2D eigenvalue weighted by molar-refractivity contribution is 6.31. The summed E-state index contributed by atoms with van der Waals surface area (Å²) in [5.74, 6) is 0.